The lowest BCUT2D eigenvalue weighted by molar-refractivity contribution is -0.136. The van der Waals surface area contributed by atoms with Gasteiger partial charge < -0.3 is 5.32 Å². The molecule has 0 spiro atoms. The fourth-order valence-corrected chi connectivity index (χ4v) is 2.68. The fraction of sp³-hybridized carbons (Fsp3) is 0.889. The predicted octanol–water partition coefficient (Wildman–Crippen LogP) is 1.17. The van der Waals surface area contributed by atoms with Crippen LogP contribution in [0, 0.1) is 17.3 Å². The van der Waals surface area contributed by atoms with Crippen molar-refractivity contribution in [3.05, 3.63) is 0 Å². The number of amides is 1. The molecule has 62 valence electrons. The van der Waals surface area contributed by atoms with Gasteiger partial charge in [0.05, 0.1) is 5.41 Å². The second kappa shape index (κ2) is 1.99. The van der Waals surface area contributed by atoms with Crippen LogP contribution >= 0.6 is 0 Å². The summed E-state index contributed by atoms with van der Waals surface area (Å²) >= 11 is 0. The van der Waals surface area contributed by atoms with Crippen molar-refractivity contribution >= 4 is 5.91 Å². The van der Waals surface area contributed by atoms with Gasteiger partial charge in [0.1, 0.15) is 0 Å². The molecule has 1 aliphatic carbocycles. The predicted molar refractivity (Wildman–Crippen MR) is 43.0 cm³/mol. The van der Waals surface area contributed by atoms with Crippen LogP contribution in [0.4, 0.5) is 0 Å². The Morgan fingerprint density at radius 1 is 1.73 bits per heavy atom. The number of nitrogens with one attached hydrogen (secondary N) is 1. The molecule has 1 N–H and O–H groups in total. The van der Waals surface area contributed by atoms with Gasteiger partial charge in [0.2, 0.25) is 5.91 Å². The highest BCUT2D eigenvalue weighted by Crippen LogP contribution is 2.54. The monoisotopic (exact) mass is 153 g/mol. The van der Waals surface area contributed by atoms with Crippen LogP contribution in [-0.4, -0.2) is 12.5 Å². The molecule has 0 aromatic carbocycles. The van der Waals surface area contributed by atoms with Gasteiger partial charge in [-0.3, -0.25) is 4.79 Å². The van der Waals surface area contributed by atoms with Gasteiger partial charge in [0.25, 0.3) is 0 Å². The third-order valence-electron chi connectivity index (χ3n) is 3.60. The molecule has 0 aromatic rings. The minimum Gasteiger partial charge on any atom is -0.355 e. The molecule has 1 saturated heterocycles. The summed E-state index contributed by atoms with van der Waals surface area (Å²) in [6.45, 7) is 5.24. The Bertz CT molecular complexity index is 202. The van der Waals surface area contributed by atoms with Gasteiger partial charge in [0.15, 0.2) is 0 Å². The van der Waals surface area contributed by atoms with Crippen molar-refractivity contribution in [3.63, 3.8) is 0 Å². The summed E-state index contributed by atoms with van der Waals surface area (Å²) in [6.07, 6.45) is 2.34. The summed E-state index contributed by atoms with van der Waals surface area (Å²) < 4.78 is 0. The van der Waals surface area contributed by atoms with Crippen molar-refractivity contribution in [1.29, 1.82) is 0 Å². The van der Waals surface area contributed by atoms with Crippen molar-refractivity contribution in [2.24, 2.45) is 17.3 Å². The van der Waals surface area contributed by atoms with Crippen LogP contribution in [0.3, 0.4) is 0 Å². The number of hydrogen-bond acceptors (Lipinski definition) is 1. The topological polar surface area (TPSA) is 29.1 Å². The zero-order valence-corrected chi connectivity index (χ0v) is 7.18. The smallest absolute Gasteiger partial charge is 0.226 e. The third-order valence-corrected chi connectivity index (χ3v) is 3.60. The Labute approximate surface area is 67.4 Å². The second-order valence-corrected chi connectivity index (χ2v) is 4.11. The van der Waals surface area contributed by atoms with Gasteiger partial charge in [-0.1, -0.05) is 20.3 Å². The summed E-state index contributed by atoms with van der Waals surface area (Å²) in [7, 11) is 0. The molecule has 11 heavy (non-hydrogen) atoms. The van der Waals surface area contributed by atoms with Crippen LogP contribution < -0.4 is 5.32 Å². The number of carbonyl (C=O) groups is 1. The average Bonchev–Trinajstić information content (AvgIpc) is 2.16. The van der Waals surface area contributed by atoms with Crippen molar-refractivity contribution in [1.82, 2.24) is 5.32 Å². The summed E-state index contributed by atoms with van der Waals surface area (Å²) in [4.78, 5) is 11.3. The quantitative estimate of drug-likeness (QED) is 0.602. The van der Waals surface area contributed by atoms with Crippen molar-refractivity contribution in [3.8, 4) is 0 Å². The maximum atomic E-state index is 11.3. The van der Waals surface area contributed by atoms with E-state index < -0.39 is 0 Å². The highest BCUT2D eigenvalue weighted by atomic mass is 16.2. The van der Waals surface area contributed by atoms with Crippen LogP contribution in [0.2, 0.25) is 0 Å². The van der Waals surface area contributed by atoms with Crippen molar-refractivity contribution < 1.29 is 4.79 Å². The molecular formula is C9H15NO. The summed E-state index contributed by atoms with van der Waals surface area (Å²) in [5.74, 6) is 1.73. The number of fused-ring (bicyclic) bond motifs is 1. The lowest BCUT2D eigenvalue weighted by Gasteiger charge is -2.46. The minimum atomic E-state index is 0.0146. The zero-order valence-electron chi connectivity index (χ0n) is 7.18. The Morgan fingerprint density at radius 2 is 2.45 bits per heavy atom. The molecule has 1 amide bonds. The second-order valence-electron chi connectivity index (χ2n) is 4.11. The molecule has 2 rings (SSSR count). The Morgan fingerprint density at radius 3 is 3.00 bits per heavy atom. The first kappa shape index (κ1) is 7.14. The first-order valence-electron chi connectivity index (χ1n) is 4.47. The molecule has 3 unspecified atom stereocenters. The molecule has 2 aliphatic rings. The van der Waals surface area contributed by atoms with E-state index in [-0.39, 0.29) is 11.3 Å². The normalized spacial score (nSPS) is 48.0. The molecule has 0 bridgehead atoms. The van der Waals surface area contributed by atoms with Gasteiger partial charge in [-0.05, 0) is 18.3 Å². The molecule has 3 atom stereocenters. The maximum Gasteiger partial charge on any atom is 0.226 e. The van der Waals surface area contributed by atoms with Crippen LogP contribution in [0.1, 0.15) is 26.7 Å². The highest BCUT2D eigenvalue weighted by molar-refractivity contribution is 5.86. The Balaban J connectivity index is 2.15. The number of carbonyl (C=O) groups excluding carboxylic acids is 1. The van der Waals surface area contributed by atoms with Crippen LogP contribution in [0.15, 0.2) is 0 Å². The van der Waals surface area contributed by atoms with Crippen molar-refractivity contribution in [2.45, 2.75) is 26.7 Å². The van der Waals surface area contributed by atoms with E-state index in [1.54, 1.807) is 0 Å². The minimum absolute atomic E-state index is 0.0146. The van der Waals surface area contributed by atoms with E-state index in [2.05, 4.69) is 19.2 Å². The summed E-state index contributed by atoms with van der Waals surface area (Å²) in [6, 6.07) is 0. The maximum absolute atomic E-state index is 11.3. The molecule has 1 heterocycles. The third kappa shape index (κ3) is 0.700. The molecule has 2 heteroatoms. The average molecular weight is 153 g/mol. The number of hydrogen-bond donors (Lipinski definition) is 1. The van der Waals surface area contributed by atoms with E-state index in [1.165, 1.54) is 6.42 Å². The molecule has 2 fully saturated rings. The lowest BCUT2D eigenvalue weighted by atomic mass is 9.55. The van der Waals surface area contributed by atoms with Gasteiger partial charge >= 0.3 is 0 Å². The Kier molecular flexibility index (Phi) is 1.29. The molecule has 1 saturated carbocycles. The standard InChI is InChI=1S/C9H15NO/c1-3-6-4-9(2)7(6)5-10-8(9)11/h6-7H,3-5H2,1-2H3,(H,10,11). The molecule has 0 aromatic heterocycles. The van der Waals surface area contributed by atoms with Crippen molar-refractivity contribution in [2.75, 3.05) is 6.54 Å². The van der Waals surface area contributed by atoms with E-state index in [0.29, 0.717) is 5.92 Å². The SMILES string of the molecule is CCC1CC2(C)C(=O)NCC12. The first-order valence-corrected chi connectivity index (χ1v) is 4.47. The van der Waals surface area contributed by atoms with E-state index in [1.807, 2.05) is 0 Å². The van der Waals surface area contributed by atoms with E-state index in [0.717, 1.165) is 18.9 Å². The Hall–Kier alpha value is -0.530. The van der Waals surface area contributed by atoms with Crippen LogP contribution in [-0.2, 0) is 4.79 Å². The van der Waals surface area contributed by atoms with Gasteiger partial charge in [-0.2, -0.15) is 0 Å². The largest absolute Gasteiger partial charge is 0.355 e. The number of rotatable bonds is 1. The highest BCUT2D eigenvalue weighted by Gasteiger charge is 2.57. The zero-order chi connectivity index (χ0) is 8.06. The molecule has 2 nitrogen and oxygen atoms in total. The van der Waals surface area contributed by atoms with E-state index in [4.69, 9.17) is 0 Å². The van der Waals surface area contributed by atoms with E-state index >= 15 is 0 Å². The molecular weight excluding hydrogens is 138 g/mol. The summed E-state index contributed by atoms with van der Waals surface area (Å²) in [5, 5.41) is 2.95. The van der Waals surface area contributed by atoms with Crippen LogP contribution in [0.25, 0.3) is 0 Å². The first-order chi connectivity index (χ1) is 5.18. The summed E-state index contributed by atoms with van der Waals surface area (Å²) in [5.41, 5.74) is 0.0146. The van der Waals surface area contributed by atoms with Gasteiger partial charge in [-0.15, -0.1) is 0 Å². The van der Waals surface area contributed by atoms with Crippen LogP contribution in [0.5, 0.6) is 0 Å². The molecule has 0 radical (unpaired) electrons. The fourth-order valence-electron chi connectivity index (χ4n) is 2.68. The van der Waals surface area contributed by atoms with E-state index in [9.17, 15) is 4.79 Å². The molecule has 1 aliphatic heterocycles. The van der Waals surface area contributed by atoms with Gasteiger partial charge in [-0.25, -0.2) is 0 Å². The lowest BCUT2D eigenvalue weighted by Crippen LogP contribution is -2.46. The van der Waals surface area contributed by atoms with Gasteiger partial charge in [0, 0.05) is 6.54 Å².